The monoisotopic (exact) mass is 465 g/mol. The molecule has 0 radical (unpaired) electrons. The molecule has 1 heterocycles. The highest BCUT2D eigenvalue weighted by molar-refractivity contribution is 5.82. The summed E-state index contributed by atoms with van der Waals surface area (Å²) < 4.78 is 11.6. The molecule has 2 aromatic carbocycles. The van der Waals surface area contributed by atoms with E-state index >= 15 is 0 Å². The highest BCUT2D eigenvalue weighted by Crippen LogP contribution is 2.42. The molecule has 0 aromatic heterocycles. The van der Waals surface area contributed by atoms with Crippen molar-refractivity contribution in [3.63, 3.8) is 0 Å². The lowest BCUT2D eigenvalue weighted by Gasteiger charge is -2.28. The van der Waals surface area contributed by atoms with Crippen molar-refractivity contribution in [2.75, 3.05) is 27.3 Å². The summed E-state index contributed by atoms with van der Waals surface area (Å²) in [6, 6.07) is 15.2. The number of likely N-dealkylation sites (N-methyl/N-ethyl adjacent to an activating group) is 1. The highest BCUT2D eigenvalue weighted by Gasteiger charge is 2.33. The molecule has 4 rings (SSSR count). The van der Waals surface area contributed by atoms with Gasteiger partial charge >= 0.3 is 0 Å². The van der Waals surface area contributed by atoms with E-state index in [9.17, 15) is 9.90 Å². The van der Waals surface area contributed by atoms with Crippen LogP contribution in [0, 0.1) is 0 Å². The first kappa shape index (κ1) is 24.4. The lowest BCUT2D eigenvalue weighted by molar-refractivity contribution is -0.124. The average molecular weight is 466 g/mol. The van der Waals surface area contributed by atoms with Gasteiger partial charge in [0.25, 0.3) is 0 Å². The van der Waals surface area contributed by atoms with Crippen LogP contribution in [-0.4, -0.2) is 56.5 Å². The van der Waals surface area contributed by atoms with Crippen LogP contribution in [0.25, 0.3) is 0 Å². The number of methoxy groups -OCH3 is 1. The Balaban J connectivity index is 1.59. The van der Waals surface area contributed by atoms with Crippen molar-refractivity contribution in [3.05, 3.63) is 77.4 Å². The minimum absolute atomic E-state index is 0.0250. The van der Waals surface area contributed by atoms with Gasteiger partial charge in [0.2, 0.25) is 5.91 Å². The van der Waals surface area contributed by atoms with Crippen LogP contribution in [0.15, 0.2) is 60.7 Å². The van der Waals surface area contributed by atoms with Crippen LogP contribution < -0.4 is 20.7 Å². The molecule has 7 nitrogen and oxygen atoms in total. The number of amides is 1. The zero-order valence-corrected chi connectivity index (χ0v) is 19.9. The van der Waals surface area contributed by atoms with E-state index in [4.69, 9.17) is 9.47 Å². The number of carbonyl (C=O) groups excluding carboxylic acids is 1. The minimum atomic E-state index is -0.767. The quantitative estimate of drug-likeness (QED) is 0.519. The molecule has 2 bridgehead atoms. The molecule has 0 unspecified atom stereocenters. The number of rotatable bonds is 4. The fraction of sp³-hybridized carbons (Fsp3) is 0.444. The molecular formula is C27H35N3O4. The van der Waals surface area contributed by atoms with Gasteiger partial charge in [0, 0.05) is 12.6 Å². The SMILES string of the molecule is CN[C@H]1CC=CCO[C@@H]2C[C@H](NC[C@@H](O)[C@H](Cc3ccccc3)NC1=O)c1cc(OC)ccc12. The van der Waals surface area contributed by atoms with Gasteiger partial charge in [-0.05, 0) is 55.1 Å². The predicted octanol–water partition coefficient (Wildman–Crippen LogP) is 2.42. The smallest absolute Gasteiger partial charge is 0.237 e. The summed E-state index contributed by atoms with van der Waals surface area (Å²) in [7, 11) is 3.44. The largest absolute Gasteiger partial charge is 0.497 e. The fourth-order valence-corrected chi connectivity index (χ4v) is 4.76. The third-order valence-corrected chi connectivity index (χ3v) is 6.73. The van der Waals surface area contributed by atoms with Gasteiger partial charge in [-0.25, -0.2) is 0 Å². The molecule has 5 atom stereocenters. The molecule has 34 heavy (non-hydrogen) atoms. The second-order valence-electron chi connectivity index (χ2n) is 8.93. The van der Waals surface area contributed by atoms with Gasteiger partial charge in [0.15, 0.2) is 0 Å². The van der Waals surface area contributed by atoms with Crippen LogP contribution in [0.5, 0.6) is 5.75 Å². The van der Waals surface area contributed by atoms with E-state index in [0.717, 1.165) is 28.9 Å². The molecule has 2 aromatic rings. The molecule has 2 aliphatic rings. The van der Waals surface area contributed by atoms with E-state index in [-0.39, 0.29) is 24.1 Å². The Morgan fingerprint density at radius 2 is 1.97 bits per heavy atom. The van der Waals surface area contributed by atoms with Crippen molar-refractivity contribution < 1.29 is 19.4 Å². The minimum Gasteiger partial charge on any atom is -0.497 e. The Kier molecular flexibility index (Phi) is 8.34. The Morgan fingerprint density at radius 3 is 2.74 bits per heavy atom. The first-order valence-electron chi connectivity index (χ1n) is 12.0. The third-order valence-electron chi connectivity index (χ3n) is 6.73. The van der Waals surface area contributed by atoms with Crippen LogP contribution in [0.2, 0.25) is 0 Å². The number of carbonyl (C=O) groups is 1. The van der Waals surface area contributed by atoms with Crippen LogP contribution >= 0.6 is 0 Å². The Bertz CT molecular complexity index is 981. The van der Waals surface area contributed by atoms with E-state index in [0.29, 0.717) is 26.0 Å². The first-order chi connectivity index (χ1) is 16.6. The standard InChI is InChI=1S/C27H35N3O4/c1-28-22-10-6-7-13-34-26-16-23(21-15-19(33-2)11-12-20(21)26)29-17-25(31)24(30-27(22)32)14-18-8-4-3-5-9-18/h3-9,11-12,15,22-26,28-29,31H,10,13-14,16-17H2,1-2H3,(H,30,32)/t22-,23-,24-,25+,26+/m0/s1. The maximum Gasteiger partial charge on any atom is 0.237 e. The van der Waals surface area contributed by atoms with Gasteiger partial charge in [-0.3, -0.25) is 4.79 Å². The Morgan fingerprint density at radius 1 is 1.15 bits per heavy atom. The second-order valence-corrected chi connectivity index (χ2v) is 8.93. The zero-order valence-electron chi connectivity index (χ0n) is 19.9. The molecule has 1 aliphatic heterocycles. The zero-order chi connectivity index (χ0) is 23.9. The normalized spacial score (nSPS) is 27.9. The van der Waals surface area contributed by atoms with E-state index in [2.05, 4.69) is 22.0 Å². The maximum atomic E-state index is 13.0. The number of hydrogen-bond donors (Lipinski definition) is 4. The molecular weight excluding hydrogens is 430 g/mol. The fourth-order valence-electron chi connectivity index (χ4n) is 4.76. The first-order valence-corrected chi connectivity index (χ1v) is 12.0. The molecule has 1 aliphatic carbocycles. The van der Waals surface area contributed by atoms with Crippen molar-refractivity contribution in [2.45, 2.75) is 49.6 Å². The van der Waals surface area contributed by atoms with Gasteiger partial charge in [-0.2, -0.15) is 0 Å². The Hall–Kier alpha value is -2.71. The van der Waals surface area contributed by atoms with Crippen molar-refractivity contribution >= 4 is 5.91 Å². The number of aliphatic hydroxyl groups excluding tert-OH is 1. The van der Waals surface area contributed by atoms with Crippen molar-refractivity contribution in [3.8, 4) is 5.75 Å². The molecule has 7 heteroatoms. The van der Waals surface area contributed by atoms with Gasteiger partial charge in [0.1, 0.15) is 5.75 Å². The average Bonchev–Trinajstić information content (AvgIpc) is 3.20. The second kappa shape index (κ2) is 11.6. The lowest BCUT2D eigenvalue weighted by atomic mass is 9.99. The van der Waals surface area contributed by atoms with E-state index in [1.807, 2.05) is 54.6 Å². The number of hydrogen-bond acceptors (Lipinski definition) is 6. The van der Waals surface area contributed by atoms with Crippen molar-refractivity contribution in [1.82, 2.24) is 16.0 Å². The summed E-state index contributed by atoms with van der Waals surface area (Å²) in [6.07, 6.45) is 5.00. The number of aliphatic hydroxyl groups is 1. The highest BCUT2D eigenvalue weighted by atomic mass is 16.5. The van der Waals surface area contributed by atoms with Crippen molar-refractivity contribution in [2.24, 2.45) is 0 Å². The third kappa shape index (κ3) is 5.85. The molecule has 4 N–H and O–H groups in total. The number of benzene rings is 2. The summed E-state index contributed by atoms with van der Waals surface area (Å²) >= 11 is 0. The maximum absolute atomic E-state index is 13.0. The van der Waals surface area contributed by atoms with Crippen LogP contribution in [0.1, 0.15) is 41.7 Å². The molecule has 0 saturated heterocycles. The topological polar surface area (TPSA) is 91.9 Å². The summed E-state index contributed by atoms with van der Waals surface area (Å²) in [5.74, 6) is 0.674. The van der Waals surface area contributed by atoms with Crippen LogP contribution in [-0.2, 0) is 16.0 Å². The van der Waals surface area contributed by atoms with E-state index < -0.39 is 12.1 Å². The summed E-state index contributed by atoms with van der Waals surface area (Å²) in [4.78, 5) is 13.0. The molecule has 0 spiro atoms. The van der Waals surface area contributed by atoms with Gasteiger partial charge in [0.05, 0.1) is 38.0 Å². The van der Waals surface area contributed by atoms with E-state index in [1.165, 1.54) is 0 Å². The van der Waals surface area contributed by atoms with E-state index in [1.54, 1.807) is 14.2 Å². The lowest BCUT2D eigenvalue weighted by Crippen LogP contribution is -2.53. The predicted molar refractivity (Wildman–Crippen MR) is 132 cm³/mol. The summed E-state index contributed by atoms with van der Waals surface area (Å²) in [6.45, 7) is 0.814. The molecule has 0 saturated carbocycles. The molecule has 182 valence electrons. The van der Waals surface area contributed by atoms with Crippen LogP contribution in [0.3, 0.4) is 0 Å². The van der Waals surface area contributed by atoms with Gasteiger partial charge in [-0.15, -0.1) is 0 Å². The number of nitrogens with one attached hydrogen (secondary N) is 3. The molecule has 1 amide bonds. The van der Waals surface area contributed by atoms with Gasteiger partial charge < -0.3 is 30.5 Å². The molecule has 0 fully saturated rings. The van der Waals surface area contributed by atoms with Crippen molar-refractivity contribution in [1.29, 1.82) is 0 Å². The van der Waals surface area contributed by atoms with Crippen LogP contribution in [0.4, 0.5) is 0 Å². The summed E-state index contributed by atoms with van der Waals surface area (Å²) in [5, 5.41) is 20.9. The number of ether oxygens (including phenoxy) is 2. The Labute approximate surface area is 201 Å². The van der Waals surface area contributed by atoms with Gasteiger partial charge in [-0.1, -0.05) is 48.6 Å². The number of fused-ring (bicyclic) bond motifs is 5. The number of β-amino-alcohol motifs (C(OH)–C–C–N with tert-alkyl or cyclic N) is 1. The summed E-state index contributed by atoms with van der Waals surface area (Å²) in [5.41, 5.74) is 3.34.